The Bertz CT molecular complexity index is 1570. The molecule has 41 heavy (non-hydrogen) atoms. The maximum absolute atomic E-state index is 13.6. The number of alkyl halides is 6. The molecule has 0 saturated carbocycles. The summed E-state index contributed by atoms with van der Waals surface area (Å²) in [6.45, 7) is -0.396. The monoisotopic (exact) mass is 594 g/mol. The van der Waals surface area contributed by atoms with Crippen molar-refractivity contribution in [2.24, 2.45) is 0 Å². The van der Waals surface area contributed by atoms with Gasteiger partial charge in [0.05, 0.1) is 34.3 Å². The van der Waals surface area contributed by atoms with Crippen molar-refractivity contribution in [3.8, 4) is 0 Å². The van der Waals surface area contributed by atoms with Gasteiger partial charge in [0.15, 0.2) is 0 Å². The fraction of sp³-hybridized carbons (Fsp3) is 0.393. The highest BCUT2D eigenvalue weighted by Crippen LogP contribution is 2.42. The van der Waals surface area contributed by atoms with Gasteiger partial charge < -0.3 is 4.90 Å². The van der Waals surface area contributed by atoms with Crippen molar-refractivity contribution < 1.29 is 35.9 Å². The van der Waals surface area contributed by atoms with Crippen LogP contribution in [-0.4, -0.2) is 55.9 Å². The summed E-state index contributed by atoms with van der Waals surface area (Å²) < 4.78 is 81.2. The van der Waals surface area contributed by atoms with Crippen LogP contribution in [0.3, 0.4) is 0 Å². The van der Waals surface area contributed by atoms with Gasteiger partial charge in [0.2, 0.25) is 0 Å². The molecule has 2 atom stereocenters. The van der Waals surface area contributed by atoms with E-state index in [-0.39, 0.29) is 28.8 Å². The van der Waals surface area contributed by atoms with E-state index < -0.39 is 30.0 Å². The van der Waals surface area contributed by atoms with Gasteiger partial charge in [0.1, 0.15) is 0 Å². The Morgan fingerprint density at radius 1 is 0.951 bits per heavy atom. The largest absolute Gasteiger partial charge is 0.416 e. The van der Waals surface area contributed by atoms with Crippen LogP contribution >= 0.6 is 11.8 Å². The molecule has 3 saturated heterocycles. The highest BCUT2D eigenvalue weighted by molar-refractivity contribution is 8.18. The molecule has 3 aliphatic rings. The van der Waals surface area contributed by atoms with Crippen LogP contribution in [0, 0.1) is 0 Å². The van der Waals surface area contributed by atoms with Crippen LogP contribution in [0.5, 0.6) is 0 Å². The van der Waals surface area contributed by atoms with Crippen LogP contribution in [0.4, 0.5) is 31.1 Å². The molecular weight excluding hydrogens is 570 g/mol. The Kier molecular flexibility index (Phi) is 6.72. The van der Waals surface area contributed by atoms with Gasteiger partial charge >= 0.3 is 12.4 Å². The number of fused-ring (bicyclic) bond motifs is 3. The number of piperidine rings is 1. The van der Waals surface area contributed by atoms with E-state index in [0.29, 0.717) is 39.5 Å². The zero-order valence-electron chi connectivity index (χ0n) is 21.7. The van der Waals surface area contributed by atoms with Gasteiger partial charge in [-0.3, -0.25) is 19.2 Å². The zero-order valence-corrected chi connectivity index (χ0v) is 22.5. The molecule has 4 heterocycles. The molecule has 6 nitrogen and oxygen atoms in total. The number of thioether (sulfide) groups is 1. The minimum absolute atomic E-state index is 0.114. The minimum Gasteiger partial charge on any atom is -0.300 e. The predicted octanol–water partition coefficient (Wildman–Crippen LogP) is 6.78. The van der Waals surface area contributed by atoms with Crippen molar-refractivity contribution in [3.63, 3.8) is 0 Å². The normalized spacial score (nSPS) is 24.8. The van der Waals surface area contributed by atoms with Crippen molar-refractivity contribution in [2.45, 2.75) is 62.7 Å². The van der Waals surface area contributed by atoms with E-state index in [0.717, 1.165) is 43.5 Å². The van der Waals surface area contributed by atoms with Gasteiger partial charge in [-0.15, -0.1) is 0 Å². The summed E-state index contributed by atoms with van der Waals surface area (Å²) in [7, 11) is 2.09. The van der Waals surface area contributed by atoms with Gasteiger partial charge in [-0.1, -0.05) is 12.1 Å². The minimum atomic E-state index is -4.98. The average molecular weight is 595 g/mol. The topological polar surface area (TPSA) is 58.4 Å². The molecular formula is C28H24F6N4O2S. The van der Waals surface area contributed by atoms with Crippen LogP contribution in [0.1, 0.15) is 47.9 Å². The van der Waals surface area contributed by atoms with E-state index in [1.807, 2.05) is 0 Å². The number of hydrogen-bond donors (Lipinski definition) is 0. The molecule has 0 aliphatic carbocycles. The third-order valence-electron chi connectivity index (χ3n) is 8.29. The van der Waals surface area contributed by atoms with E-state index in [9.17, 15) is 35.9 Å². The second kappa shape index (κ2) is 9.90. The van der Waals surface area contributed by atoms with E-state index in [2.05, 4.69) is 17.0 Å². The van der Waals surface area contributed by atoms with Crippen molar-refractivity contribution in [3.05, 3.63) is 69.8 Å². The summed E-state index contributed by atoms with van der Waals surface area (Å²) in [5.41, 5.74) is -2.03. The Morgan fingerprint density at radius 3 is 2.32 bits per heavy atom. The average Bonchev–Trinajstić information content (AvgIpc) is 3.46. The molecule has 2 amide bonds. The SMILES string of the molecule is CN1C2CCC1CC(N1C(=O)S/C(=C\c3ccc4c(cnn4Cc4ccc(C(F)(F)F)cc4C(F)(F)F)c3)C1=O)C2. The first-order valence-electron chi connectivity index (χ1n) is 13.0. The molecule has 3 aromatic rings. The number of benzene rings is 2. The number of halogens is 6. The second-order valence-corrected chi connectivity index (χ2v) is 11.7. The molecule has 6 rings (SSSR count). The van der Waals surface area contributed by atoms with E-state index in [1.165, 1.54) is 15.8 Å². The molecule has 0 spiro atoms. The van der Waals surface area contributed by atoms with Crippen LogP contribution in [0.2, 0.25) is 0 Å². The smallest absolute Gasteiger partial charge is 0.300 e. The molecule has 2 unspecified atom stereocenters. The lowest BCUT2D eigenvalue weighted by Gasteiger charge is -2.39. The number of aromatic nitrogens is 2. The molecule has 2 aromatic carbocycles. The van der Waals surface area contributed by atoms with Gasteiger partial charge in [-0.2, -0.15) is 31.4 Å². The van der Waals surface area contributed by atoms with E-state index in [1.54, 1.807) is 24.3 Å². The molecule has 0 radical (unpaired) electrons. The first kappa shape index (κ1) is 27.8. The van der Waals surface area contributed by atoms with Gasteiger partial charge in [-0.05, 0) is 86.0 Å². The maximum atomic E-state index is 13.6. The Morgan fingerprint density at radius 2 is 1.66 bits per heavy atom. The molecule has 2 bridgehead atoms. The Labute approximate surface area is 235 Å². The summed E-state index contributed by atoms with van der Waals surface area (Å²) >= 11 is 0.890. The molecule has 0 N–H and O–H groups in total. The molecule has 3 aliphatic heterocycles. The van der Waals surface area contributed by atoms with Crippen molar-refractivity contribution >= 4 is 39.9 Å². The van der Waals surface area contributed by atoms with Crippen LogP contribution < -0.4 is 0 Å². The van der Waals surface area contributed by atoms with E-state index >= 15 is 0 Å². The lowest BCUT2D eigenvalue weighted by Crippen LogP contribution is -2.50. The Balaban J connectivity index is 1.23. The number of imide groups is 1. The summed E-state index contributed by atoms with van der Waals surface area (Å²) in [5.74, 6) is -0.327. The lowest BCUT2D eigenvalue weighted by molar-refractivity contribution is -0.143. The standard InChI is InChI=1S/C28H24F6N4O2S/c1-36-19-5-6-20(36)12-21(11-19)38-25(39)24(41-26(38)40)9-15-2-7-23-17(8-15)13-35-37(23)14-16-3-4-18(27(29,30)31)10-22(16)28(32,33)34/h2-4,7-10,13,19-21H,5-6,11-12,14H2,1H3/b24-9-. The molecule has 13 heteroatoms. The van der Waals surface area contributed by atoms with Gasteiger partial charge in [-0.25, -0.2) is 0 Å². The lowest BCUT2D eigenvalue weighted by atomic mass is 9.96. The van der Waals surface area contributed by atoms with E-state index in [4.69, 9.17) is 0 Å². The number of amides is 2. The second-order valence-electron chi connectivity index (χ2n) is 10.7. The quantitative estimate of drug-likeness (QED) is 0.246. The molecule has 3 fully saturated rings. The summed E-state index contributed by atoms with van der Waals surface area (Å²) in [6, 6.07) is 7.12. The molecule has 1 aromatic heterocycles. The van der Waals surface area contributed by atoms with Gasteiger partial charge in [0.25, 0.3) is 11.1 Å². The van der Waals surface area contributed by atoms with Crippen molar-refractivity contribution in [1.82, 2.24) is 19.6 Å². The fourth-order valence-electron chi connectivity index (χ4n) is 6.18. The zero-order chi connectivity index (χ0) is 29.3. The number of carbonyl (C=O) groups excluding carboxylic acids is 2. The highest BCUT2D eigenvalue weighted by atomic mass is 32.2. The maximum Gasteiger partial charge on any atom is 0.416 e. The van der Waals surface area contributed by atoms with Crippen LogP contribution in [-0.2, 0) is 23.7 Å². The summed E-state index contributed by atoms with van der Waals surface area (Å²) in [5, 5.41) is 4.42. The van der Waals surface area contributed by atoms with Crippen LogP contribution in [0.25, 0.3) is 17.0 Å². The first-order valence-corrected chi connectivity index (χ1v) is 13.8. The highest BCUT2D eigenvalue weighted by Gasteiger charge is 2.47. The predicted molar refractivity (Wildman–Crippen MR) is 141 cm³/mol. The molecule has 216 valence electrons. The van der Waals surface area contributed by atoms with Crippen molar-refractivity contribution in [2.75, 3.05) is 7.05 Å². The number of nitrogens with zero attached hydrogens (tertiary/aromatic N) is 4. The Hall–Kier alpha value is -3.32. The number of hydrogen-bond acceptors (Lipinski definition) is 5. The van der Waals surface area contributed by atoms with Gasteiger partial charge in [0, 0.05) is 23.5 Å². The third kappa shape index (κ3) is 5.14. The third-order valence-corrected chi connectivity index (χ3v) is 9.17. The first-order chi connectivity index (χ1) is 19.3. The van der Waals surface area contributed by atoms with Crippen molar-refractivity contribution in [1.29, 1.82) is 0 Å². The summed E-state index contributed by atoms with van der Waals surface area (Å²) in [6.07, 6.45) is -3.19. The van der Waals surface area contributed by atoms with Crippen LogP contribution in [0.15, 0.2) is 47.5 Å². The number of rotatable bonds is 4. The fourth-order valence-corrected chi connectivity index (χ4v) is 7.08. The number of carbonyl (C=O) groups is 2. The summed E-state index contributed by atoms with van der Waals surface area (Å²) in [4.78, 5) is 30.1.